The molecule has 0 N–H and O–H groups in total. The Bertz CT molecular complexity index is 988. The third-order valence-electron chi connectivity index (χ3n) is 5.25. The molecule has 9 nitrogen and oxygen atoms in total. The first-order chi connectivity index (χ1) is 14.6. The summed E-state index contributed by atoms with van der Waals surface area (Å²) < 4.78 is 5.47. The first-order valence-electron chi connectivity index (χ1n) is 9.65. The average Bonchev–Trinajstić information content (AvgIpc) is 2.76. The number of aldehydes is 1. The zero-order chi connectivity index (χ0) is 21.1. The van der Waals surface area contributed by atoms with Gasteiger partial charge >= 0.3 is 6.09 Å². The van der Waals surface area contributed by atoms with Gasteiger partial charge in [0.25, 0.3) is 5.91 Å². The fourth-order valence-corrected chi connectivity index (χ4v) is 3.72. The van der Waals surface area contributed by atoms with Gasteiger partial charge in [-0.1, -0.05) is 42.5 Å². The number of fused-ring (bicyclic) bond motifs is 2. The van der Waals surface area contributed by atoms with Crippen LogP contribution < -0.4 is 0 Å². The number of rotatable bonds is 5. The van der Waals surface area contributed by atoms with Crippen LogP contribution in [0.2, 0.25) is 0 Å². The largest absolute Gasteiger partial charge is 0.443 e. The Labute approximate surface area is 172 Å². The molecule has 0 saturated carbocycles. The first-order valence-corrected chi connectivity index (χ1v) is 9.65. The molecule has 2 aromatic rings. The highest BCUT2D eigenvalue weighted by molar-refractivity contribution is 5.88. The molecule has 0 radical (unpaired) electrons. The Kier molecular flexibility index (Phi) is 5.62. The second-order valence-electron chi connectivity index (χ2n) is 7.09. The van der Waals surface area contributed by atoms with Gasteiger partial charge in [0.1, 0.15) is 19.4 Å². The Morgan fingerprint density at radius 3 is 2.77 bits per heavy atom. The minimum absolute atomic E-state index is 0.0362. The van der Waals surface area contributed by atoms with E-state index in [-0.39, 0.29) is 51.1 Å². The zero-order valence-corrected chi connectivity index (χ0v) is 16.2. The summed E-state index contributed by atoms with van der Waals surface area (Å²) in [5, 5.41) is 3.02. The number of hydroxylamine groups is 2. The van der Waals surface area contributed by atoms with E-state index in [1.807, 2.05) is 42.5 Å². The molecule has 2 heterocycles. The number of hydrogen-bond acceptors (Lipinski definition) is 6. The number of benzene rings is 2. The maximum absolute atomic E-state index is 12.8. The first kappa shape index (κ1) is 19.8. The Morgan fingerprint density at radius 1 is 1.13 bits per heavy atom. The molecule has 2 aromatic carbocycles. The summed E-state index contributed by atoms with van der Waals surface area (Å²) in [6.45, 7) is -0.198. The lowest BCUT2D eigenvalue weighted by Gasteiger charge is -2.46. The summed E-state index contributed by atoms with van der Waals surface area (Å²) in [6, 6.07) is 13.5. The van der Waals surface area contributed by atoms with Crippen molar-refractivity contribution in [3.05, 3.63) is 48.0 Å². The molecular weight excluding hydrogens is 390 g/mol. The van der Waals surface area contributed by atoms with Gasteiger partial charge in [-0.15, -0.1) is 0 Å². The van der Waals surface area contributed by atoms with Gasteiger partial charge in [-0.2, -0.15) is 5.06 Å². The van der Waals surface area contributed by atoms with Crippen molar-refractivity contribution in [2.45, 2.75) is 19.2 Å². The van der Waals surface area contributed by atoms with Crippen molar-refractivity contribution in [1.29, 1.82) is 0 Å². The van der Waals surface area contributed by atoms with Crippen LogP contribution in [0.5, 0.6) is 0 Å². The molecule has 0 aliphatic carbocycles. The van der Waals surface area contributed by atoms with Gasteiger partial charge in [0.05, 0.1) is 6.54 Å². The topological polar surface area (TPSA) is 96.5 Å². The predicted octanol–water partition coefficient (Wildman–Crippen LogP) is 1.31. The van der Waals surface area contributed by atoms with E-state index in [0.29, 0.717) is 0 Å². The maximum atomic E-state index is 12.8. The van der Waals surface area contributed by atoms with Gasteiger partial charge in [0.2, 0.25) is 5.91 Å². The van der Waals surface area contributed by atoms with Gasteiger partial charge in [0, 0.05) is 13.0 Å². The van der Waals surface area contributed by atoms with Crippen LogP contribution in [0.15, 0.2) is 42.5 Å². The predicted molar refractivity (Wildman–Crippen MR) is 105 cm³/mol. The summed E-state index contributed by atoms with van der Waals surface area (Å²) in [5.41, 5.74) is 0.845. The third-order valence-corrected chi connectivity index (χ3v) is 5.25. The lowest BCUT2D eigenvalue weighted by Crippen LogP contribution is -2.68. The van der Waals surface area contributed by atoms with Crippen molar-refractivity contribution in [3.8, 4) is 0 Å². The second-order valence-corrected chi connectivity index (χ2v) is 7.09. The number of amides is 3. The fraction of sp³-hybridized carbons (Fsp3) is 0.333. The molecule has 3 amide bonds. The maximum Gasteiger partial charge on any atom is 0.436 e. The molecule has 0 bridgehead atoms. The Balaban J connectivity index is 1.47. The molecule has 0 aromatic heterocycles. The zero-order valence-electron chi connectivity index (χ0n) is 16.2. The van der Waals surface area contributed by atoms with Gasteiger partial charge in [0.15, 0.2) is 12.8 Å². The molecule has 9 heteroatoms. The summed E-state index contributed by atoms with van der Waals surface area (Å²) >= 11 is 0. The molecule has 2 aliphatic rings. The highest BCUT2D eigenvalue weighted by Gasteiger charge is 2.44. The van der Waals surface area contributed by atoms with Crippen LogP contribution in [0, 0.1) is 0 Å². The van der Waals surface area contributed by atoms with E-state index < -0.39 is 12.3 Å². The molecule has 30 heavy (non-hydrogen) atoms. The van der Waals surface area contributed by atoms with E-state index >= 15 is 0 Å². The lowest BCUT2D eigenvalue weighted by molar-refractivity contribution is -0.237. The fourth-order valence-electron chi connectivity index (χ4n) is 3.72. The quantitative estimate of drug-likeness (QED) is 0.689. The minimum Gasteiger partial charge on any atom is -0.443 e. The highest BCUT2D eigenvalue weighted by Crippen LogP contribution is 2.23. The molecule has 2 fully saturated rings. The van der Waals surface area contributed by atoms with Crippen LogP contribution in [0.25, 0.3) is 10.8 Å². The summed E-state index contributed by atoms with van der Waals surface area (Å²) in [4.78, 5) is 56.0. The summed E-state index contributed by atoms with van der Waals surface area (Å²) in [7, 11) is 0. The van der Waals surface area contributed by atoms with E-state index in [4.69, 9.17) is 9.57 Å². The van der Waals surface area contributed by atoms with E-state index in [9.17, 15) is 19.2 Å². The molecular formula is C21H21N3O6. The number of carbonyl (C=O) groups is 4. The molecule has 2 saturated heterocycles. The Morgan fingerprint density at radius 2 is 1.93 bits per heavy atom. The highest BCUT2D eigenvalue weighted by atomic mass is 16.7. The van der Waals surface area contributed by atoms with Gasteiger partial charge < -0.3 is 19.3 Å². The molecule has 4 rings (SSSR count). The standard InChI is InChI=1S/C21H21N3O6/c25-10-4-9-22-11-18-23(12-19(22)26)20(27)14-30-24(18)21(28)29-13-16-7-3-6-15-5-1-2-8-17(15)16/h1-3,5-8,10,18H,4,9,11-14H2. The number of carbonyl (C=O) groups excluding carboxylic acids is 4. The molecule has 1 unspecified atom stereocenters. The van der Waals surface area contributed by atoms with Crippen LogP contribution in [0.4, 0.5) is 4.79 Å². The van der Waals surface area contributed by atoms with E-state index in [1.54, 1.807) is 0 Å². The van der Waals surface area contributed by atoms with Gasteiger partial charge in [-0.05, 0) is 16.3 Å². The van der Waals surface area contributed by atoms with E-state index in [1.165, 1.54) is 9.80 Å². The van der Waals surface area contributed by atoms with Gasteiger partial charge in [-0.25, -0.2) is 4.79 Å². The molecule has 156 valence electrons. The SMILES string of the molecule is O=CCCN1CC2N(CC1=O)C(=O)CON2C(=O)OCc1cccc2ccccc12. The number of nitrogens with zero attached hydrogens (tertiary/aromatic N) is 3. The van der Waals surface area contributed by atoms with Crippen molar-refractivity contribution in [2.24, 2.45) is 0 Å². The normalized spacial score (nSPS) is 19.1. The Hall–Kier alpha value is -3.46. The van der Waals surface area contributed by atoms with Crippen molar-refractivity contribution < 1.29 is 28.8 Å². The van der Waals surface area contributed by atoms with Gasteiger partial charge in [-0.3, -0.25) is 14.4 Å². The monoisotopic (exact) mass is 411 g/mol. The van der Waals surface area contributed by atoms with Crippen molar-refractivity contribution >= 4 is 35.0 Å². The minimum atomic E-state index is -0.796. The number of ether oxygens (including phenoxy) is 1. The van der Waals surface area contributed by atoms with E-state index in [2.05, 4.69) is 0 Å². The van der Waals surface area contributed by atoms with Crippen molar-refractivity contribution in [2.75, 3.05) is 26.2 Å². The summed E-state index contributed by atoms with van der Waals surface area (Å²) in [5.74, 6) is -0.645. The lowest BCUT2D eigenvalue weighted by atomic mass is 10.1. The summed E-state index contributed by atoms with van der Waals surface area (Å²) in [6.07, 6.45) is -0.636. The van der Waals surface area contributed by atoms with Crippen LogP contribution in [0.1, 0.15) is 12.0 Å². The van der Waals surface area contributed by atoms with Crippen molar-refractivity contribution in [3.63, 3.8) is 0 Å². The average molecular weight is 411 g/mol. The van der Waals surface area contributed by atoms with Crippen LogP contribution in [-0.4, -0.2) is 71.5 Å². The molecule has 2 aliphatic heterocycles. The van der Waals surface area contributed by atoms with Crippen molar-refractivity contribution in [1.82, 2.24) is 14.9 Å². The van der Waals surface area contributed by atoms with Crippen LogP contribution >= 0.6 is 0 Å². The number of hydrogen-bond donors (Lipinski definition) is 0. The van der Waals surface area contributed by atoms with E-state index in [0.717, 1.165) is 27.7 Å². The number of piperazine rings is 1. The third kappa shape index (κ3) is 3.84. The second kappa shape index (κ2) is 8.50. The van der Waals surface area contributed by atoms with Crippen LogP contribution in [0.3, 0.4) is 0 Å². The molecule has 1 atom stereocenters. The van der Waals surface area contributed by atoms with Crippen LogP contribution in [-0.2, 0) is 30.6 Å². The smallest absolute Gasteiger partial charge is 0.436 e. The molecule has 0 spiro atoms.